The van der Waals surface area contributed by atoms with Crippen molar-refractivity contribution < 1.29 is 0 Å². The minimum atomic E-state index is -1.66. The minimum Gasteiger partial charge on any atom is -0.335 e. The lowest BCUT2D eigenvalue weighted by atomic mass is 10.0. The molecule has 0 amide bonds. The molecule has 45 heavy (non-hydrogen) atoms. The summed E-state index contributed by atoms with van der Waals surface area (Å²) in [5, 5.41) is 6.74. The number of aliphatic imine (C=N–C) groups is 1. The van der Waals surface area contributed by atoms with Crippen LogP contribution in [-0.4, -0.2) is 31.5 Å². The Bertz CT molecular complexity index is 2140. The number of rotatable bonds is 6. The number of allylic oxidation sites excluding steroid dienone is 1. The molecular weight excluding hydrogens is 563 g/mol. The van der Waals surface area contributed by atoms with Gasteiger partial charge in [0.25, 0.3) is 0 Å². The topological polar surface area (TPSA) is 20.5 Å². The van der Waals surface area contributed by atoms with Gasteiger partial charge < -0.3 is 9.47 Å². The maximum absolute atomic E-state index is 5.08. The number of hydrogen-bond acceptors (Lipinski definition) is 2. The van der Waals surface area contributed by atoms with Gasteiger partial charge in [0, 0.05) is 29.7 Å². The molecule has 1 aliphatic rings. The summed E-state index contributed by atoms with van der Waals surface area (Å²) in [6.45, 7) is 0. The van der Waals surface area contributed by atoms with Crippen molar-refractivity contribution in [2.75, 3.05) is 7.05 Å². The maximum Gasteiger partial charge on any atom is 0.203 e. The van der Waals surface area contributed by atoms with E-state index in [0.717, 1.165) is 5.70 Å². The van der Waals surface area contributed by atoms with Gasteiger partial charge in [-0.1, -0.05) is 161 Å². The Kier molecular flexibility index (Phi) is 6.97. The van der Waals surface area contributed by atoms with Gasteiger partial charge in [-0.15, -0.1) is 0 Å². The second-order valence-corrected chi connectivity index (χ2v) is 14.5. The van der Waals surface area contributed by atoms with Crippen LogP contribution in [0.5, 0.6) is 0 Å². The lowest BCUT2D eigenvalue weighted by Gasteiger charge is -2.33. The number of para-hydroxylation sites is 1. The van der Waals surface area contributed by atoms with Crippen LogP contribution in [0.25, 0.3) is 38.6 Å². The van der Waals surface area contributed by atoms with Crippen molar-refractivity contribution in [1.29, 1.82) is 0 Å². The molecule has 1 aliphatic heterocycles. The van der Waals surface area contributed by atoms with E-state index in [1.807, 2.05) is 6.21 Å². The third-order valence-corrected chi connectivity index (χ3v) is 12.1. The lowest BCUT2D eigenvalue weighted by molar-refractivity contribution is 0.283. The van der Waals surface area contributed by atoms with E-state index in [-0.39, 0.29) is 6.29 Å². The molecule has 4 heteroatoms. The first-order chi connectivity index (χ1) is 22.3. The standard InChI is InChI=1S/C41H33N3Si/c1-43-38(32-16-13-21-35(28-32)45(33-17-7-3-8-18-33)34-19-9-4-10-20-34)26-27-42-41(43)44-39-23-12-11-22-36(39)37-25-24-31(29-40(37)44)30-14-5-2-6-15-30/h2-29,41,45H,1H3. The molecule has 0 saturated heterocycles. The van der Waals surface area contributed by atoms with Crippen molar-refractivity contribution in [2.45, 2.75) is 6.29 Å². The van der Waals surface area contributed by atoms with Crippen LogP contribution in [0.15, 0.2) is 169 Å². The molecule has 0 fully saturated rings. The fourth-order valence-corrected chi connectivity index (χ4v) is 9.90. The summed E-state index contributed by atoms with van der Waals surface area (Å²) >= 11 is 0. The highest BCUT2D eigenvalue weighted by molar-refractivity contribution is 6.95. The second kappa shape index (κ2) is 11.6. The third kappa shape index (κ3) is 4.90. The van der Waals surface area contributed by atoms with Crippen molar-refractivity contribution >= 4 is 58.1 Å². The Labute approximate surface area is 265 Å². The van der Waals surface area contributed by atoms with Crippen molar-refractivity contribution in [3.63, 3.8) is 0 Å². The molecular formula is C41H33N3Si. The molecule has 1 aromatic heterocycles. The highest BCUT2D eigenvalue weighted by Crippen LogP contribution is 2.38. The molecule has 1 unspecified atom stereocenters. The molecule has 216 valence electrons. The zero-order chi connectivity index (χ0) is 30.2. The molecule has 0 N–H and O–H groups in total. The van der Waals surface area contributed by atoms with E-state index in [0.29, 0.717) is 0 Å². The smallest absolute Gasteiger partial charge is 0.203 e. The summed E-state index contributed by atoms with van der Waals surface area (Å²) in [6, 6.07) is 57.3. The number of fused-ring (bicyclic) bond motifs is 3. The Morgan fingerprint density at radius 1 is 0.511 bits per heavy atom. The number of nitrogens with zero attached hydrogens (tertiary/aromatic N) is 3. The van der Waals surface area contributed by atoms with Crippen LogP contribution in [0.1, 0.15) is 11.9 Å². The summed E-state index contributed by atoms with van der Waals surface area (Å²) in [5.41, 5.74) is 7.15. The van der Waals surface area contributed by atoms with E-state index in [2.05, 4.69) is 180 Å². The number of benzene rings is 6. The van der Waals surface area contributed by atoms with Crippen LogP contribution in [0.4, 0.5) is 0 Å². The summed E-state index contributed by atoms with van der Waals surface area (Å²) in [6.07, 6.45) is 3.91. The summed E-state index contributed by atoms with van der Waals surface area (Å²) in [5.74, 6) is 0. The molecule has 1 atom stereocenters. The average Bonchev–Trinajstić information content (AvgIpc) is 3.43. The fourth-order valence-electron chi connectivity index (χ4n) is 6.88. The predicted molar refractivity (Wildman–Crippen MR) is 194 cm³/mol. The normalized spacial score (nSPS) is 14.8. The van der Waals surface area contributed by atoms with Crippen LogP contribution >= 0.6 is 0 Å². The molecule has 8 rings (SSSR count). The average molecular weight is 596 g/mol. The van der Waals surface area contributed by atoms with Gasteiger partial charge in [0.15, 0.2) is 0 Å². The molecule has 0 saturated carbocycles. The fraction of sp³-hybridized carbons (Fsp3) is 0.0488. The van der Waals surface area contributed by atoms with Crippen LogP contribution < -0.4 is 15.6 Å². The highest BCUT2D eigenvalue weighted by atomic mass is 28.3. The maximum atomic E-state index is 5.08. The predicted octanol–water partition coefficient (Wildman–Crippen LogP) is 7.22. The Balaban J connectivity index is 1.22. The van der Waals surface area contributed by atoms with Crippen LogP contribution in [0.3, 0.4) is 0 Å². The van der Waals surface area contributed by atoms with Gasteiger partial charge in [0.1, 0.15) is 8.80 Å². The molecule has 7 aromatic rings. The van der Waals surface area contributed by atoms with Gasteiger partial charge >= 0.3 is 0 Å². The molecule has 0 radical (unpaired) electrons. The van der Waals surface area contributed by atoms with E-state index < -0.39 is 8.80 Å². The molecule has 0 aliphatic carbocycles. The van der Waals surface area contributed by atoms with Crippen molar-refractivity contribution in [1.82, 2.24) is 9.47 Å². The van der Waals surface area contributed by atoms with E-state index in [1.165, 1.54) is 54.1 Å². The van der Waals surface area contributed by atoms with Crippen LogP contribution in [-0.2, 0) is 0 Å². The summed E-state index contributed by atoms with van der Waals surface area (Å²) < 4.78 is 2.40. The molecule has 6 aromatic carbocycles. The molecule has 0 bridgehead atoms. The first-order valence-corrected chi connectivity index (χ1v) is 17.2. The monoisotopic (exact) mass is 595 g/mol. The largest absolute Gasteiger partial charge is 0.335 e. The second-order valence-electron chi connectivity index (χ2n) is 11.7. The van der Waals surface area contributed by atoms with E-state index in [9.17, 15) is 0 Å². The zero-order valence-corrected chi connectivity index (χ0v) is 26.3. The van der Waals surface area contributed by atoms with E-state index >= 15 is 0 Å². The third-order valence-electron chi connectivity index (χ3n) is 9.01. The SMILES string of the molecule is CN1C(c2cccc([SiH](c3ccccc3)c3ccccc3)c2)=CC=NC1n1c2ccccc2c2ccc(-c3ccccc3)cc21. The van der Waals surface area contributed by atoms with Gasteiger partial charge in [0.2, 0.25) is 6.29 Å². The summed E-state index contributed by atoms with van der Waals surface area (Å²) in [4.78, 5) is 7.40. The van der Waals surface area contributed by atoms with Gasteiger partial charge in [-0.05, 0) is 34.9 Å². The summed E-state index contributed by atoms with van der Waals surface area (Å²) in [7, 11) is 0.508. The molecule has 3 nitrogen and oxygen atoms in total. The minimum absolute atomic E-state index is 0.224. The van der Waals surface area contributed by atoms with E-state index in [4.69, 9.17) is 4.99 Å². The van der Waals surface area contributed by atoms with Gasteiger partial charge in [-0.3, -0.25) is 0 Å². The number of hydrogen-bond donors (Lipinski definition) is 0. The Morgan fingerprint density at radius 3 is 1.84 bits per heavy atom. The van der Waals surface area contributed by atoms with Crippen LogP contribution in [0, 0.1) is 0 Å². The van der Waals surface area contributed by atoms with Gasteiger partial charge in [-0.25, -0.2) is 4.99 Å². The van der Waals surface area contributed by atoms with Crippen molar-refractivity contribution in [3.8, 4) is 11.1 Å². The first kappa shape index (κ1) is 27.1. The molecule has 2 heterocycles. The van der Waals surface area contributed by atoms with Crippen LogP contribution in [0.2, 0.25) is 0 Å². The van der Waals surface area contributed by atoms with Crippen molar-refractivity contribution in [3.05, 3.63) is 169 Å². The number of aromatic nitrogens is 1. The zero-order valence-electron chi connectivity index (χ0n) is 25.2. The van der Waals surface area contributed by atoms with Gasteiger partial charge in [-0.2, -0.15) is 0 Å². The quantitative estimate of drug-likeness (QED) is 0.147. The van der Waals surface area contributed by atoms with E-state index in [1.54, 1.807) is 0 Å². The molecule has 0 spiro atoms. The highest BCUT2D eigenvalue weighted by Gasteiger charge is 2.26. The Morgan fingerprint density at radius 2 is 1.11 bits per heavy atom. The van der Waals surface area contributed by atoms with Crippen molar-refractivity contribution in [2.24, 2.45) is 4.99 Å². The Hall–Kier alpha value is -5.45. The lowest BCUT2D eigenvalue weighted by Crippen LogP contribution is -2.52. The first-order valence-electron chi connectivity index (χ1n) is 15.5. The van der Waals surface area contributed by atoms with Gasteiger partial charge in [0.05, 0.1) is 11.0 Å².